The second kappa shape index (κ2) is 8.92. The van der Waals surface area contributed by atoms with E-state index in [0.717, 1.165) is 35.2 Å². The smallest absolute Gasteiger partial charge is 0.254 e. The maximum atomic E-state index is 13.7. The highest BCUT2D eigenvalue weighted by Gasteiger charge is 2.49. The van der Waals surface area contributed by atoms with Crippen molar-refractivity contribution in [3.8, 4) is 5.75 Å². The summed E-state index contributed by atoms with van der Waals surface area (Å²) < 4.78 is 5.45. The molecule has 0 bridgehead atoms. The van der Waals surface area contributed by atoms with Crippen LogP contribution in [-0.2, 0) is 10.2 Å². The van der Waals surface area contributed by atoms with Gasteiger partial charge >= 0.3 is 0 Å². The zero-order valence-corrected chi connectivity index (χ0v) is 20.6. The fourth-order valence-corrected chi connectivity index (χ4v) is 6.17. The van der Waals surface area contributed by atoms with Crippen LogP contribution in [0.25, 0.3) is 10.9 Å². The number of hydrogen-bond acceptors (Lipinski definition) is 5. The number of nitrogens with one attached hydrogen (secondary N) is 1. The predicted molar refractivity (Wildman–Crippen MR) is 135 cm³/mol. The van der Waals surface area contributed by atoms with E-state index in [4.69, 9.17) is 4.74 Å². The minimum Gasteiger partial charge on any atom is -0.497 e. The summed E-state index contributed by atoms with van der Waals surface area (Å²) in [5.41, 5.74) is 3.23. The van der Waals surface area contributed by atoms with Gasteiger partial charge in [-0.15, -0.1) is 0 Å². The molecule has 2 aromatic heterocycles. The summed E-state index contributed by atoms with van der Waals surface area (Å²) >= 11 is 0. The molecule has 2 aliphatic heterocycles. The number of nitrogens with zero attached hydrogens (tertiary/aromatic N) is 3. The number of H-pyrrole nitrogens is 1. The van der Waals surface area contributed by atoms with Gasteiger partial charge in [-0.1, -0.05) is 0 Å². The molecule has 1 aliphatic carbocycles. The molecule has 188 valence electrons. The molecule has 2 fully saturated rings. The van der Waals surface area contributed by atoms with Crippen molar-refractivity contribution in [3.63, 3.8) is 0 Å². The summed E-state index contributed by atoms with van der Waals surface area (Å²) in [5, 5.41) is 11.6. The number of ether oxygens (including phenoxy) is 1. The first kappa shape index (κ1) is 23.0. The largest absolute Gasteiger partial charge is 0.497 e. The molecule has 4 heterocycles. The lowest BCUT2D eigenvalue weighted by Gasteiger charge is -2.50. The average Bonchev–Trinajstić information content (AvgIpc) is 3.65. The van der Waals surface area contributed by atoms with Crippen LogP contribution in [0, 0.1) is 5.92 Å². The molecule has 1 saturated heterocycles. The third kappa shape index (κ3) is 3.84. The van der Waals surface area contributed by atoms with Crippen molar-refractivity contribution in [1.82, 2.24) is 19.8 Å². The van der Waals surface area contributed by atoms with Gasteiger partial charge in [0.25, 0.3) is 5.91 Å². The van der Waals surface area contributed by atoms with Crippen LogP contribution in [0.1, 0.15) is 59.8 Å². The number of benzene rings is 1. The lowest BCUT2D eigenvalue weighted by molar-refractivity contribution is -0.133. The summed E-state index contributed by atoms with van der Waals surface area (Å²) in [6, 6.07) is 8.95. The number of carbonyl (C=O) groups excluding carboxylic acids is 2. The number of aromatic amines is 1. The van der Waals surface area contributed by atoms with Gasteiger partial charge in [0.05, 0.1) is 19.8 Å². The Balaban J connectivity index is 1.41. The molecule has 3 aliphatic rings. The lowest BCUT2D eigenvalue weighted by atomic mass is 9.68. The first-order valence-electron chi connectivity index (χ1n) is 12.8. The van der Waals surface area contributed by atoms with Gasteiger partial charge in [-0.3, -0.25) is 14.6 Å². The minimum absolute atomic E-state index is 0.120. The van der Waals surface area contributed by atoms with Crippen LogP contribution in [0.5, 0.6) is 5.75 Å². The van der Waals surface area contributed by atoms with Crippen molar-refractivity contribution in [1.29, 1.82) is 0 Å². The van der Waals surface area contributed by atoms with Crippen molar-refractivity contribution in [2.75, 3.05) is 33.4 Å². The number of likely N-dealkylation sites (tertiary alicyclic amines) is 1. The molecule has 36 heavy (non-hydrogen) atoms. The van der Waals surface area contributed by atoms with Crippen molar-refractivity contribution >= 4 is 22.7 Å². The first-order chi connectivity index (χ1) is 17.5. The standard InChI is InChI=1S/C28H32N4O4/c1-36-20-4-5-21-22(15-20)30-26-23(16-33)32(27(35)19-6-10-29-11-7-19)17-28(25(21)26)8-12-31(13-9-28)24(34)14-18-2-3-18/h4-7,10-11,15,18,23,30,33H,2-3,8-9,12-14,16-17H2,1H3/t23-/m0/s1. The van der Waals surface area contributed by atoms with E-state index < -0.39 is 6.04 Å². The van der Waals surface area contributed by atoms with Gasteiger partial charge in [-0.25, -0.2) is 0 Å². The zero-order chi connectivity index (χ0) is 24.9. The summed E-state index contributed by atoms with van der Waals surface area (Å²) in [5.74, 6) is 1.45. The van der Waals surface area contributed by atoms with Crippen molar-refractivity contribution in [2.45, 2.75) is 43.6 Å². The molecule has 6 rings (SSSR count). The van der Waals surface area contributed by atoms with E-state index >= 15 is 0 Å². The Morgan fingerprint density at radius 1 is 1.17 bits per heavy atom. The van der Waals surface area contributed by atoms with Gasteiger partial charge in [-0.05, 0) is 61.4 Å². The predicted octanol–water partition coefficient (Wildman–Crippen LogP) is 3.42. The highest BCUT2D eigenvalue weighted by Crippen LogP contribution is 2.49. The third-order valence-corrected chi connectivity index (χ3v) is 8.34. The molecule has 0 unspecified atom stereocenters. The molecule has 2 N–H and O–H groups in total. The second-order valence-electron chi connectivity index (χ2n) is 10.5. The normalized spacial score (nSPS) is 21.0. The fraction of sp³-hybridized carbons (Fsp3) is 0.464. The third-order valence-electron chi connectivity index (χ3n) is 8.34. The van der Waals surface area contributed by atoms with Crippen molar-refractivity contribution in [2.24, 2.45) is 5.92 Å². The number of piperidine rings is 1. The molecule has 1 atom stereocenters. The van der Waals surface area contributed by atoms with Crippen LogP contribution < -0.4 is 4.74 Å². The second-order valence-corrected chi connectivity index (χ2v) is 10.5. The lowest BCUT2D eigenvalue weighted by Crippen LogP contribution is -2.55. The molecular weight excluding hydrogens is 456 g/mol. The van der Waals surface area contributed by atoms with E-state index in [1.54, 1.807) is 31.6 Å². The minimum atomic E-state index is -0.487. The highest BCUT2D eigenvalue weighted by atomic mass is 16.5. The molecule has 8 nitrogen and oxygen atoms in total. The van der Waals surface area contributed by atoms with Crippen LogP contribution >= 0.6 is 0 Å². The van der Waals surface area contributed by atoms with Crippen LogP contribution in [0.2, 0.25) is 0 Å². The monoisotopic (exact) mass is 488 g/mol. The van der Waals surface area contributed by atoms with E-state index in [-0.39, 0.29) is 23.8 Å². The molecule has 3 aromatic rings. The van der Waals surface area contributed by atoms with Gasteiger partial charge in [0.1, 0.15) is 5.75 Å². The Morgan fingerprint density at radius 2 is 1.92 bits per heavy atom. The summed E-state index contributed by atoms with van der Waals surface area (Å²) in [7, 11) is 1.64. The van der Waals surface area contributed by atoms with Crippen LogP contribution in [-0.4, -0.2) is 70.0 Å². The number of aromatic nitrogens is 2. The van der Waals surface area contributed by atoms with Crippen LogP contribution in [0.3, 0.4) is 0 Å². The summed E-state index contributed by atoms with van der Waals surface area (Å²) in [6.07, 6.45) is 7.77. The number of rotatable bonds is 5. The molecule has 1 aromatic carbocycles. The van der Waals surface area contributed by atoms with E-state index in [2.05, 4.69) is 16.0 Å². The quantitative estimate of drug-likeness (QED) is 0.574. The Labute approximate surface area is 210 Å². The van der Waals surface area contributed by atoms with Crippen LogP contribution in [0.15, 0.2) is 42.7 Å². The number of aliphatic hydroxyl groups is 1. The fourth-order valence-electron chi connectivity index (χ4n) is 6.17. The van der Waals surface area contributed by atoms with E-state index in [1.807, 2.05) is 21.9 Å². The van der Waals surface area contributed by atoms with Gasteiger partial charge < -0.3 is 24.6 Å². The van der Waals surface area contributed by atoms with Crippen molar-refractivity contribution < 1.29 is 19.4 Å². The number of carbonyl (C=O) groups is 2. The summed E-state index contributed by atoms with van der Waals surface area (Å²) in [6.45, 7) is 1.66. The number of hydrogen-bond donors (Lipinski definition) is 2. The average molecular weight is 489 g/mol. The molecule has 1 saturated carbocycles. The Kier molecular flexibility index (Phi) is 5.71. The highest BCUT2D eigenvalue weighted by molar-refractivity contribution is 5.95. The first-order valence-corrected chi connectivity index (χ1v) is 12.8. The van der Waals surface area contributed by atoms with E-state index in [0.29, 0.717) is 37.5 Å². The van der Waals surface area contributed by atoms with Crippen molar-refractivity contribution in [3.05, 3.63) is 59.5 Å². The number of aliphatic hydroxyl groups excluding tert-OH is 1. The topological polar surface area (TPSA) is 98.8 Å². The number of methoxy groups -OCH3 is 1. The van der Waals surface area contributed by atoms with E-state index in [9.17, 15) is 14.7 Å². The van der Waals surface area contributed by atoms with Gasteiger partial charge in [0, 0.05) is 72.1 Å². The SMILES string of the molecule is COc1ccc2c3c([nH]c2c1)[C@H](CO)N(C(=O)c1ccncc1)CC31CCN(C(=O)CC2CC2)CC1. The zero-order valence-electron chi connectivity index (χ0n) is 20.6. The number of amides is 2. The van der Waals surface area contributed by atoms with E-state index in [1.165, 1.54) is 18.4 Å². The Morgan fingerprint density at radius 3 is 2.58 bits per heavy atom. The Bertz CT molecular complexity index is 1290. The van der Waals surface area contributed by atoms with Gasteiger partial charge in [-0.2, -0.15) is 0 Å². The van der Waals surface area contributed by atoms with Crippen LogP contribution in [0.4, 0.5) is 0 Å². The maximum Gasteiger partial charge on any atom is 0.254 e. The van der Waals surface area contributed by atoms with Gasteiger partial charge in [0.15, 0.2) is 0 Å². The molecule has 1 spiro atoms. The molecule has 2 amide bonds. The van der Waals surface area contributed by atoms with Gasteiger partial charge in [0.2, 0.25) is 5.91 Å². The molecule has 0 radical (unpaired) electrons. The Hall–Kier alpha value is -3.39. The molecule has 8 heteroatoms. The maximum absolute atomic E-state index is 13.7. The number of pyridine rings is 1. The number of fused-ring (bicyclic) bond motifs is 4. The summed E-state index contributed by atoms with van der Waals surface area (Å²) in [4.78, 5) is 38.0. The molecular formula is C28H32N4O4.